The van der Waals surface area contributed by atoms with Crippen LogP contribution in [0.25, 0.3) is 5.95 Å². The van der Waals surface area contributed by atoms with E-state index in [2.05, 4.69) is 22.0 Å². The number of nitrogens with one attached hydrogen (secondary N) is 1. The molecule has 0 aliphatic heterocycles. The molecule has 1 N–H and O–H groups in total. The maximum Gasteiger partial charge on any atom is 0.274 e. The van der Waals surface area contributed by atoms with Crippen LogP contribution in [0.15, 0.2) is 16.9 Å². The standard InChI is InChI=1S/C12H16N4O/c1-4-5-10-7-11(17)16(15-10)12-13-8(2)6-9(3)14-12/h6-7,15H,4-5H2,1-3H3. The molecule has 2 heterocycles. The predicted molar refractivity (Wildman–Crippen MR) is 65.4 cm³/mol. The number of rotatable bonds is 3. The zero-order valence-corrected chi connectivity index (χ0v) is 10.3. The van der Waals surface area contributed by atoms with Crippen molar-refractivity contribution >= 4 is 0 Å². The SMILES string of the molecule is CCCc1cc(=O)n(-c2nc(C)cc(C)n2)[nH]1. The fourth-order valence-electron chi connectivity index (χ4n) is 1.80. The third kappa shape index (κ3) is 2.43. The molecule has 0 amide bonds. The predicted octanol–water partition coefficient (Wildman–Crippen LogP) is 1.52. The molecule has 0 saturated heterocycles. The first-order chi connectivity index (χ1) is 8.10. The van der Waals surface area contributed by atoms with E-state index in [0.29, 0.717) is 5.95 Å². The van der Waals surface area contributed by atoms with Gasteiger partial charge in [-0.05, 0) is 26.3 Å². The Morgan fingerprint density at radius 2 is 1.88 bits per heavy atom. The molecule has 0 spiro atoms. The van der Waals surface area contributed by atoms with Gasteiger partial charge in [0.1, 0.15) is 0 Å². The largest absolute Gasteiger partial charge is 0.292 e. The van der Waals surface area contributed by atoms with Gasteiger partial charge in [-0.3, -0.25) is 9.89 Å². The Bertz CT molecular complexity index is 562. The van der Waals surface area contributed by atoms with Crippen LogP contribution in [0.5, 0.6) is 0 Å². The molecule has 0 aliphatic rings. The molecule has 0 bridgehead atoms. The first-order valence-electron chi connectivity index (χ1n) is 5.73. The number of hydrogen-bond acceptors (Lipinski definition) is 3. The molecule has 2 aromatic rings. The van der Waals surface area contributed by atoms with Crippen molar-refractivity contribution in [2.45, 2.75) is 33.6 Å². The van der Waals surface area contributed by atoms with Crippen LogP contribution >= 0.6 is 0 Å². The van der Waals surface area contributed by atoms with Gasteiger partial charge in [0, 0.05) is 23.1 Å². The van der Waals surface area contributed by atoms with Gasteiger partial charge in [0.2, 0.25) is 0 Å². The van der Waals surface area contributed by atoms with Gasteiger partial charge in [-0.25, -0.2) is 9.97 Å². The fraction of sp³-hybridized carbons (Fsp3) is 0.417. The highest BCUT2D eigenvalue weighted by Gasteiger charge is 2.08. The normalized spacial score (nSPS) is 10.8. The lowest BCUT2D eigenvalue weighted by Gasteiger charge is -2.02. The van der Waals surface area contributed by atoms with Crippen molar-refractivity contribution in [1.29, 1.82) is 0 Å². The van der Waals surface area contributed by atoms with E-state index in [4.69, 9.17) is 0 Å². The summed E-state index contributed by atoms with van der Waals surface area (Å²) in [7, 11) is 0. The van der Waals surface area contributed by atoms with Gasteiger partial charge in [0.05, 0.1) is 0 Å². The van der Waals surface area contributed by atoms with E-state index in [0.717, 1.165) is 29.9 Å². The molecule has 0 fully saturated rings. The molecule has 5 nitrogen and oxygen atoms in total. The van der Waals surface area contributed by atoms with Gasteiger partial charge in [0.25, 0.3) is 11.5 Å². The maximum atomic E-state index is 11.8. The summed E-state index contributed by atoms with van der Waals surface area (Å²) in [6.07, 6.45) is 1.85. The van der Waals surface area contributed by atoms with Crippen molar-refractivity contribution in [1.82, 2.24) is 19.7 Å². The smallest absolute Gasteiger partial charge is 0.274 e. The highest BCUT2D eigenvalue weighted by molar-refractivity contribution is 5.18. The second kappa shape index (κ2) is 4.53. The summed E-state index contributed by atoms with van der Waals surface area (Å²) in [5.74, 6) is 0.412. The van der Waals surface area contributed by atoms with Crippen molar-refractivity contribution in [3.8, 4) is 5.95 Å². The lowest BCUT2D eigenvalue weighted by atomic mass is 10.3. The van der Waals surface area contributed by atoms with E-state index in [1.807, 2.05) is 19.9 Å². The molecule has 0 unspecified atom stereocenters. The Labute approximate surface area is 99.5 Å². The molecule has 0 saturated carbocycles. The molecule has 5 heteroatoms. The van der Waals surface area contributed by atoms with Crippen LogP contribution in [-0.4, -0.2) is 19.7 Å². The Kier molecular flexibility index (Phi) is 3.08. The first kappa shape index (κ1) is 11.6. The van der Waals surface area contributed by atoms with Gasteiger partial charge < -0.3 is 0 Å². The fourth-order valence-corrected chi connectivity index (χ4v) is 1.80. The van der Waals surface area contributed by atoms with Gasteiger partial charge >= 0.3 is 0 Å². The van der Waals surface area contributed by atoms with E-state index in [1.54, 1.807) is 6.07 Å². The number of aryl methyl sites for hydroxylation is 3. The Hall–Kier alpha value is -1.91. The highest BCUT2D eigenvalue weighted by Crippen LogP contribution is 2.03. The summed E-state index contributed by atoms with van der Waals surface area (Å²) >= 11 is 0. The molecule has 0 atom stereocenters. The monoisotopic (exact) mass is 232 g/mol. The maximum absolute atomic E-state index is 11.8. The van der Waals surface area contributed by atoms with E-state index in [9.17, 15) is 4.79 Å². The molecular weight excluding hydrogens is 216 g/mol. The van der Waals surface area contributed by atoms with Crippen molar-refractivity contribution in [3.05, 3.63) is 39.6 Å². The van der Waals surface area contributed by atoms with Crippen molar-refractivity contribution < 1.29 is 0 Å². The summed E-state index contributed by atoms with van der Waals surface area (Å²) < 4.78 is 1.39. The lowest BCUT2D eigenvalue weighted by molar-refractivity contribution is 0.743. The van der Waals surface area contributed by atoms with Crippen LogP contribution in [0.3, 0.4) is 0 Å². The van der Waals surface area contributed by atoms with Gasteiger partial charge in [-0.1, -0.05) is 13.3 Å². The number of aromatic nitrogens is 4. The summed E-state index contributed by atoms with van der Waals surface area (Å²) in [5, 5.41) is 3.03. The molecule has 2 rings (SSSR count). The average Bonchev–Trinajstić information content (AvgIpc) is 2.58. The van der Waals surface area contributed by atoms with Crippen LogP contribution in [0.4, 0.5) is 0 Å². The van der Waals surface area contributed by atoms with Crippen molar-refractivity contribution in [2.24, 2.45) is 0 Å². The topological polar surface area (TPSA) is 63.6 Å². The van der Waals surface area contributed by atoms with E-state index in [-0.39, 0.29) is 5.56 Å². The van der Waals surface area contributed by atoms with Crippen molar-refractivity contribution in [2.75, 3.05) is 0 Å². The molecular formula is C12H16N4O. The zero-order chi connectivity index (χ0) is 12.4. The number of aromatic amines is 1. The summed E-state index contributed by atoms with van der Waals surface area (Å²) in [6, 6.07) is 3.48. The molecule has 0 aliphatic carbocycles. The second-order valence-electron chi connectivity index (χ2n) is 4.16. The van der Waals surface area contributed by atoms with Crippen LogP contribution in [0.2, 0.25) is 0 Å². The molecule has 0 radical (unpaired) electrons. The zero-order valence-electron chi connectivity index (χ0n) is 10.3. The molecule has 0 aromatic carbocycles. The minimum absolute atomic E-state index is 0.113. The Morgan fingerprint density at radius 3 is 2.47 bits per heavy atom. The number of nitrogens with zero attached hydrogens (tertiary/aromatic N) is 3. The molecule has 2 aromatic heterocycles. The van der Waals surface area contributed by atoms with Crippen LogP contribution < -0.4 is 5.56 Å². The number of H-pyrrole nitrogens is 1. The van der Waals surface area contributed by atoms with E-state index >= 15 is 0 Å². The Balaban J connectivity index is 2.48. The van der Waals surface area contributed by atoms with Crippen LogP contribution in [-0.2, 0) is 6.42 Å². The van der Waals surface area contributed by atoms with E-state index < -0.39 is 0 Å². The van der Waals surface area contributed by atoms with Crippen LogP contribution in [0.1, 0.15) is 30.4 Å². The second-order valence-corrected chi connectivity index (χ2v) is 4.16. The lowest BCUT2D eigenvalue weighted by Crippen LogP contribution is -2.17. The third-order valence-electron chi connectivity index (χ3n) is 2.46. The first-order valence-corrected chi connectivity index (χ1v) is 5.73. The minimum atomic E-state index is -0.113. The third-order valence-corrected chi connectivity index (χ3v) is 2.46. The Morgan fingerprint density at radius 1 is 1.24 bits per heavy atom. The minimum Gasteiger partial charge on any atom is -0.292 e. The average molecular weight is 232 g/mol. The number of hydrogen-bond donors (Lipinski definition) is 1. The summed E-state index contributed by atoms with van der Waals surface area (Å²) in [4.78, 5) is 20.3. The molecule has 17 heavy (non-hydrogen) atoms. The summed E-state index contributed by atoms with van der Waals surface area (Å²) in [5.41, 5.74) is 2.51. The highest BCUT2D eigenvalue weighted by atomic mass is 16.1. The van der Waals surface area contributed by atoms with Crippen LogP contribution in [0, 0.1) is 13.8 Å². The van der Waals surface area contributed by atoms with E-state index in [1.165, 1.54) is 4.68 Å². The van der Waals surface area contributed by atoms with Gasteiger partial charge in [0.15, 0.2) is 0 Å². The van der Waals surface area contributed by atoms with Gasteiger partial charge in [-0.2, -0.15) is 4.68 Å². The summed E-state index contributed by atoms with van der Waals surface area (Å²) in [6.45, 7) is 5.85. The van der Waals surface area contributed by atoms with Crippen molar-refractivity contribution in [3.63, 3.8) is 0 Å². The van der Waals surface area contributed by atoms with Gasteiger partial charge in [-0.15, -0.1) is 0 Å². The molecule has 90 valence electrons. The quantitative estimate of drug-likeness (QED) is 0.872.